The highest BCUT2D eigenvalue weighted by molar-refractivity contribution is 6.30. The van der Waals surface area contributed by atoms with E-state index in [0.29, 0.717) is 6.54 Å². The third-order valence-electron chi connectivity index (χ3n) is 3.62. The minimum atomic E-state index is 0.244. The smallest absolute Gasteiger partial charge is 0.0444 e. The third-order valence-corrected chi connectivity index (χ3v) is 3.87. The molecule has 0 saturated heterocycles. The van der Waals surface area contributed by atoms with Crippen molar-refractivity contribution in [3.05, 3.63) is 34.9 Å². The van der Waals surface area contributed by atoms with E-state index < -0.39 is 0 Å². The molecule has 2 nitrogen and oxygen atoms in total. The van der Waals surface area contributed by atoms with Gasteiger partial charge in [-0.25, -0.2) is 0 Å². The van der Waals surface area contributed by atoms with E-state index in [0.717, 1.165) is 23.4 Å². The topological polar surface area (TPSA) is 38.0 Å². The van der Waals surface area contributed by atoms with Crippen molar-refractivity contribution in [3.8, 4) is 0 Å². The van der Waals surface area contributed by atoms with Crippen molar-refractivity contribution >= 4 is 11.6 Å². The van der Waals surface area contributed by atoms with Gasteiger partial charge in [0.05, 0.1) is 0 Å². The van der Waals surface area contributed by atoms with Gasteiger partial charge in [0, 0.05) is 17.6 Å². The quantitative estimate of drug-likeness (QED) is 0.817. The molecule has 1 aliphatic rings. The van der Waals surface area contributed by atoms with Gasteiger partial charge in [0.15, 0.2) is 0 Å². The molecular formula is C14H21ClN2. The van der Waals surface area contributed by atoms with E-state index in [-0.39, 0.29) is 6.04 Å². The van der Waals surface area contributed by atoms with Crippen molar-refractivity contribution < 1.29 is 0 Å². The van der Waals surface area contributed by atoms with E-state index in [9.17, 15) is 0 Å². The number of benzene rings is 1. The Kier molecular flexibility index (Phi) is 4.43. The number of halogens is 1. The second-order valence-electron chi connectivity index (χ2n) is 5.06. The number of nitrogens with two attached hydrogens (primary N) is 1. The first kappa shape index (κ1) is 12.9. The summed E-state index contributed by atoms with van der Waals surface area (Å²) in [5.74, 6) is 1.70. The maximum atomic E-state index is 5.89. The van der Waals surface area contributed by atoms with Crippen LogP contribution >= 0.6 is 11.6 Å². The molecule has 0 heterocycles. The summed E-state index contributed by atoms with van der Waals surface area (Å²) in [5.41, 5.74) is 7.05. The first-order valence-corrected chi connectivity index (χ1v) is 6.77. The van der Waals surface area contributed by atoms with Crippen LogP contribution in [0.25, 0.3) is 0 Å². The zero-order valence-corrected chi connectivity index (χ0v) is 11.1. The van der Waals surface area contributed by atoms with Crippen LogP contribution < -0.4 is 11.1 Å². The fraction of sp³-hybridized carbons (Fsp3) is 0.571. The molecule has 0 aliphatic heterocycles. The minimum absolute atomic E-state index is 0.244. The van der Waals surface area contributed by atoms with Crippen LogP contribution in [0.1, 0.15) is 31.4 Å². The maximum Gasteiger partial charge on any atom is 0.0444 e. The molecule has 1 aromatic rings. The highest BCUT2D eigenvalue weighted by Gasteiger charge is 2.27. The zero-order chi connectivity index (χ0) is 12.3. The molecule has 0 amide bonds. The molecule has 2 unspecified atom stereocenters. The van der Waals surface area contributed by atoms with Crippen molar-refractivity contribution in [2.24, 2.45) is 17.6 Å². The monoisotopic (exact) mass is 252 g/mol. The van der Waals surface area contributed by atoms with E-state index >= 15 is 0 Å². The highest BCUT2D eigenvalue weighted by atomic mass is 35.5. The summed E-state index contributed by atoms with van der Waals surface area (Å²) < 4.78 is 0. The Morgan fingerprint density at radius 3 is 2.53 bits per heavy atom. The maximum absolute atomic E-state index is 5.89. The Morgan fingerprint density at radius 2 is 2.00 bits per heavy atom. The predicted molar refractivity (Wildman–Crippen MR) is 73.1 cm³/mol. The lowest BCUT2D eigenvalue weighted by atomic mass is 10.0. The van der Waals surface area contributed by atoms with Gasteiger partial charge in [0.2, 0.25) is 0 Å². The minimum Gasteiger partial charge on any atom is -0.329 e. The Morgan fingerprint density at radius 1 is 1.35 bits per heavy atom. The molecule has 2 rings (SSSR count). The SMILES string of the molecule is CC(CNC(CN)c1ccc(Cl)cc1)C1CC1. The molecule has 0 bridgehead atoms. The molecule has 1 aliphatic carbocycles. The fourth-order valence-electron chi connectivity index (χ4n) is 2.19. The van der Waals surface area contributed by atoms with Crippen molar-refractivity contribution in [1.29, 1.82) is 0 Å². The highest BCUT2D eigenvalue weighted by Crippen LogP contribution is 2.36. The van der Waals surface area contributed by atoms with Crippen molar-refractivity contribution in [1.82, 2.24) is 5.32 Å². The summed E-state index contributed by atoms with van der Waals surface area (Å²) in [4.78, 5) is 0. The van der Waals surface area contributed by atoms with Gasteiger partial charge in [-0.05, 0) is 48.9 Å². The standard InChI is InChI=1S/C14H21ClN2/c1-10(11-2-3-11)9-17-14(8-16)12-4-6-13(15)7-5-12/h4-7,10-11,14,17H,2-3,8-9,16H2,1H3. The summed E-state index contributed by atoms with van der Waals surface area (Å²) >= 11 is 5.89. The Labute approximate surface area is 109 Å². The summed E-state index contributed by atoms with van der Waals surface area (Å²) in [6.07, 6.45) is 2.80. The summed E-state index contributed by atoms with van der Waals surface area (Å²) in [7, 11) is 0. The van der Waals surface area contributed by atoms with Crippen molar-refractivity contribution in [3.63, 3.8) is 0 Å². The van der Waals surface area contributed by atoms with Gasteiger partial charge in [0.25, 0.3) is 0 Å². The van der Waals surface area contributed by atoms with Crippen LogP contribution in [0, 0.1) is 11.8 Å². The van der Waals surface area contributed by atoms with E-state index in [1.54, 1.807) is 0 Å². The second-order valence-corrected chi connectivity index (χ2v) is 5.50. The number of hydrogen-bond donors (Lipinski definition) is 2. The molecule has 17 heavy (non-hydrogen) atoms. The number of hydrogen-bond acceptors (Lipinski definition) is 2. The number of nitrogens with one attached hydrogen (secondary N) is 1. The van der Waals surface area contributed by atoms with E-state index in [2.05, 4.69) is 24.4 Å². The third kappa shape index (κ3) is 3.70. The zero-order valence-electron chi connectivity index (χ0n) is 10.3. The van der Waals surface area contributed by atoms with Gasteiger partial charge in [-0.3, -0.25) is 0 Å². The summed E-state index contributed by atoms with van der Waals surface area (Å²) in [6.45, 7) is 3.99. The van der Waals surface area contributed by atoms with Gasteiger partial charge in [0.1, 0.15) is 0 Å². The van der Waals surface area contributed by atoms with Crippen LogP contribution in [0.15, 0.2) is 24.3 Å². The molecule has 3 N–H and O–H groups in total. The van der Waals surface area contributed by atoms with Gasteiger partial charge in [-0.1, -0.05) is 30.7 Å². The molecular weight excluding hydrogens is 232 g/mol. The van der Waals surface area contributed by atoms with Crippen molar-refractivity contribution in [2.75, 3.05) is 13.1 Å². The predicted octanol–water partition coefficient (Wildman–Crippen LogP) is 2.98. The molecule has 0 radical (unpaired) electrons. The molecule has 2 atom stereocenters. The summed E-state index contributed by atoms with van der Waals surface area (Å²) in [5, 5.41) is 4.33. The summed E-state index contributed by atoms with van der Waals surface area (Å²) in [6, 6.07) is 8.19. The first-order chi connectivity index (χ1) is 8.20. The Hall–Kier alpha value is -0.570. The van der Waals surface area contributed by atoms with Crippen LogP contribution in [0.4, 0.5) is 0 Å². The molecule has 94 valence electrons. The fourth-order valence-corrected chi connectivity index (χ4v) is 2.32. The molecule has 1 aromatic carbocycles. The van der Waals surface area contributed by atoms with E-state index in [1.807, 2.05) is 12.1 Å². The van der Waals surface area contributed by atoms with E-state index in [4.69, 9.17) is 17.3 Å². The Balaban J connectivity index is 1.88. The lowest BCUT2D eigenvalue weighted by Gasteiger charge is -2.20. The van der Waals surface area contributed by atoms with Crippen LogP contribution in [-0.2, 0) is 0 Å². The van der Waals surface area contributed by atoms with E-state index in [1.165, 1.54) is 18.4 Å². The normalized spacial score (nSPS) is 19.0. The van der Waals surface area contributed by atoms with Gasteiger partial charge in [-0.2, -0.15) is 0 Å². The largest absolute Gasteiger partial charge is 0.329 e. The van der Waals surface area contributed by atoms with Crippen molar-refractivity contribution in [2.45, 2.75) is 25.8 Å². The Bertz CT molecular complexity index is 346. The lowest BCUT2D eigenvalue weighted by molar-refractivity contribution is 0.423. The average Bonchev–Trinajstić information content (AvgIpc) is 3.16. The van der Waals surface area contributed by atoms with Crippen LogP contribution in [-0.4, -0.2) is 13.1 Å². The molecule has 0 spiro atoms. The van der Waals surface area contributed by atoms with Gasteiger partial charge < -0.3 is 11.1 Å². The second kappa shape index (κ2) is 5.85. The molecule has 3 heteroatoms. The lowest BCUT2D eigenvalue weighted by Crippen LogP contribution is -2.32. The van der Waals surface area contributed by atoms with Crippen LogP contribution in [0.3, 0.4) is 0 Å². The number of rotatable bonds is 6. The molecule has 1 fully saturated rings. The molecule has 0 aromatic heterocycles. The first-order valence-electron chi connectivity index (χ1n) is 6.39. The van der Waals surface area contributed by atoms with Gasteiger partial charge >= 0.3 is 0 Å². The molecule has 1 saturated carbocycles. The van der Waals surface area contributed by atoms with Crippen LogP contribution in [0.5, 0.6) is 0 Å². The van der Waals surface area contributed by atoms with Crippen LogP contribution in [0.2, 0.25) is 5.02 Å². The average molecular weight is 253 g/mol. The van der Waals surface area contributed by atoms with Gasteiger partial charge in [-0.15, -0.1) is 0 Å².